The van der Waals surface area contributed by atoms with Crippen molar-refractivity contribution >= 4 is 50.5 Å². The van der Waals surface area contributed by atoms with Crippen LogP contribution in [0.15, 0.2) is 4.13 Å². The van der Waals surface area contributed by atoms with Gasteiger partial charge in [-0.3, -0.25) is 0 Å². The van der Waals surface area contributed by atoms with E-state index in [9.17, 15) is 14.2 Å². The number of ether oxygens (including phenoxy) is 4. The van der Waals surface area contributed by atoms with E-state index in [1.165, 1.54) is 0 Å². The van der Waals surface area contributed by atoms with Gasteiger partial charge in [-0.2, -0.15) is 0 Å². The topological polar surface area (TPSA) is 181 Å². The highest BCUT2D eigenvalue weighted by Crippen LogP contribution is 2.22. The molecule has 0 aromatic rings. The van der Waals surface area contributed by atoms with Gasteiger partial charge in [0, 0.05) is 21.8 Å². The molecule has 0 aromatic carbocycles. The summed E-state index contributed by atoms with van der Waals surface area (Å²) < 4.78 is 28.8. The van der Waals surface area contributed by atoms with Gasteiger partial charge in [0.1, 0.15) is 35.6 Å². The van der Waals surface area contributed by atoms with Gasteiger partial charge in [0.25, 0.3) is 0 Å². The quantitative estimate of drug-likeness (QED) is 0.203. The molecule has 4 N–H and O–H groups in total. The lowest BCUT2D eigenvalue weighted by atomic mass is 10.8. The molecule has 1 aliphatic rings. The van der Waals surface area contributed by atoms with Crippen molar-refractivity contribution in [1.82, 2.24) is 0 Å². The van der Waals surface area contributed by atoms with Crippen LogP contribution < -0.4 is 0 Å². The third-order valence-electron chi connectivity index (χ3n) is 0.888. The van der Waals surface area contributed by atoms with Crippen molar-refractivity contribution in [3.8, 4) is 0 Å². The number of rotatable bonds is 2. The van der Waals surface area contributed by atoms with Gasteiger partial charge in [0.15, 0.2) is 13.6 Å². The zero-order valence-electron chi connectivity index (χ0n) is 12.6. The largest absolute Gasteiger partial charge is 0.512 e. The van der Waals surface area contributed by atoms with Crippen molar-refractivity contribution in [3.05, 3.63) is 0 Å². The Bertz CT molecular complexity index is 314. The van der Waals surface area contributed by atoms with Gasteiger partial charge in [-0.25, -0.2) is 13.7 Å². The fourth-order valence-corrected chi connectivity index (χ4v) is 0.439. The summed E-state index contributed by atoms with van der Waals surface area (Å²) in [5, 5.41) is 30.0. The minimum atomic E-state index is -1.09. The minimum Gasteiger partial charge on any atom is -0.431 e. The van der Waals surface area contributed by atoms with Crippen molar-refractivity contribution in [3.63, 3.8) is 0 Å². The molecule has 0 bridgehead atoms. The molecule has 0 saturated carbocycles. The van der Waals surface area contributed by atoms with E-state index in [4.69, 9.17) is 20.4 Å². The zero-order valence-corrected chi connectivity index (χ0v) is 16.7. The second-order valence-electron chi connectivity index (χ2n) is 2.54. The van der Waals surface area contributed by atoms with Gasteiger partial charge < -0.3 is 39.4 Å². The Morgan fingerprint density at radius 3 is 1.25 bits per heavy atom. The molecule has 208 valence electrons. The fourth-order valence-electron chi connectivity index (χ4n) is 0.439. The standard InChI is InChI=1S/C3H6O5.C3H4O3.CH4O2.CH5OP2.8CH4.H2NPS/c4-1-7-3(6)8-2-5;4-3-5-1-2-6-3;2-1-3;1-4(2)3;;;;;;;;;2-1-3/h4-5H,1-2H2;1-2H2;2-3H,1H2;3H2,1H3;8*1H4;2H2/q;;;+1;;;;;;;;;. The number of aliphatic hydroxyl groups is 4. The van der Waals surface area contributed by atoms with Crippen molar-refractivity contribution in [1.29, 1.82) is 0 Å². The summed E-state index contributed by atoms with van der Waals surface area (Å²) in [5.74, 6) is 0. The molecule has 1 fully saturated rings. The van der Waals surface area contributed by atoms with Crippen molar-refractivity contribution in [2.75, 3.05) is 40.3 Å². The number of nitrogens with zero attached hydrogens (tertiary/aromatic N) is 1. The average Bonchev–Trinajstić information content (AvgIpc) is 2.92. The molecule has 0 amide bonds. The summed E-state index contributed by atoms with van der Waals surface area (Å²) in [6.07, 6.45) is -1.63. The van der Waals surface area contributed by atoms with Gasteiger partial charge in [-0.05, 0) is 0 Å². The minimum absolute atomic E-state index is 0. The Hall–Kier alpha value is -0.640. The molecule has 1 aliphatic heterocycles. The van der Waals surface area contributed by atoms with E-state index in [0.717, 1.165) is 0 Å². The first-order chi connectivity index (χ1) is 11.3. The maximum atomic E-state index is 9.88. The number of carbonyl (C=O) groups excluding carboxylic acids is 2. The van der Waals surface area contributed by atoms with Gasteiger partial charge in [0.2, 0.25) is 0 Å². The monoisotopic (exact) mass is 560 g/mol. The number of cyclic esters (lactones) is 2. The maximum Gasteiger partial charge on any atom is 0.512 e. The second kappa shape index (κ2) is 77.6. The van der Waals surface area contributed by atoms with Gasteiger partial charge in [-0.15, -0.1) is 0 Å². The molecule has 0 aromatic heterocycles. The number of aliphatic hydroxyl groups excluding tert-OH is 3. The predicted molar refractivity (Wildman–Crippen MR) is 145 cm³/mol. The molecule has 3 unspecified atom stereocenters. The van der Waals surface area contributed by atoms with Crippen LogP contribution in [-0.4, -0.2) is 73.0 Å². The molecule has 3 atom stereocenters. The summed E-state index contributed by atoms with van der Waals surface area (Å²) in [7, 11) is 3.23. The lowest BCUT2D eigenvalue weighted by Gasteiger charge is -1.97. The summed E-state index contributed by atoms with van der Waals surface area (Å²) in [4.78, 5) is 19.7. The van der Waals surface area contributed by atoms with E-state index in [1.54, 1.807) is 6.66 Å². The van der Waals surface area contributed by atoms with Crippen molar-refractivity contribution in [2.45, 2.75) is 59.4 Å². The molecule has 32 heavy (non-hydrogen) atoms. The van der Waals surface area contributed by atoms with Gasteiger partial charge in [0.05, 0.1) is 0 Å². The van der Waals surface area contributed by atoms with Gasteiger partial charge >= 0.3 is 19.8 Å². The fraction of sp³-hybridized carbons (Fsp3) is 0.875. The SMILES string of the molecule is C.C.C.C.C.C.C.C.C[P+](=O)P.O=C(OCO)OCO.O=C1OCCO1.OCO.PN=S. The Morgan fingerprint density at radius 2 is 1.16 bits per heavy atom. The van der Waals surface area contributed by atoms with Crippen molar-refractivity contribution < 1.29 is 53.5 Å². The lowest BCUT2D eigenvalue weighted by molar-refractivity contribution is -0.0389. The Balaban J connectivity index is -0.0000000154. The van der Waals surface area contributed by atoms with Crippen LogP contribution in [0.1, 0.15) is 59.4 Å². The van der Waals surface area contributed by atoms with E-state index in [-0.39, 0.29) is 59.4 Å². The summed E-state index contributed by atoms with van der Waals surface area (Å²) >= 11 is 3.98. The van der Waals surface area contributed by atoms with Crippen molar-refractivity contribution in [2.24, 2.45) is 4.13 Å². The van der Waals surface area contributed by atoms with Crippen LogP contribution in [0.2, 0.25) is 0 Å². The van der Waals surface area contributed by atoms with Crippen LogP contribution in [-0.2, 0) is 35.9 Å². The average molecular weight is 561 g/mol. The molecule has 1 heterocycles. The Kier molecular flexibility index (Phi) is 187. The van der Waals surface area contributed by atoms with Crippen LogP contribution in [0.3, 0.4) is 0 Å². The third kappa shape index (κ3) is 155. The van der Waals surface area contributed by atoms with Crippen LogP contribution >= 0.6 is 25.8 Å². The number of carbonyl (C=O) groups is 2. The molecule has 0 radical (unpaired) electrons. The number of hydrogen-bond acceptors (Lipinski definition) is 13. The first kappa shape index (κ1) is 77.1. The Labute approximate surface area is 208 Å². The molecule has 1 rings (SSSR count). The first-order valence-corrected chi connectivity index (χ1v) is 9.68. The van der Waals surface area contributed by atoms with E-state index in [2.05, 4.69) is 44.4 Å². The van der Waals surface area contributed by atoms with Crippen LogP contribution in [0.5, 0.6) is 0 Å². The number of hydrogen-bond donors (Lipinski definition) is 4. The first-order valence-electron chi connectivity index (χ1n) is 5.47. The zero-order chi connectivity index (χ0) is 19.8. The highest BCUT2D eigenvalue weighted by Gasteiger charge is 2.09. The molecule has 12 nitrogen and oxygen atoms in total. The van der Waals surface area contributed by atoms with Crippen LogP contribution in [0, 0.1) is 0 Å². The summed E-state index contributed by atoms with van der Waals surface area (Å²) in [6, 6.07) is 0. The third-order valence-corrected chi connectivity index (χ3v) is 0.888. The molecule has 0 aliphatic carbocycles. The predicted octanol–water partition coefficient (Wildman–Crippen LogP) is 4.95. The van der Waals surface area contributed by atoms with Gasteiger partial charge in [-0.1, -0.05) is 64.0 Å². The second-order valence-corrected chi connectivity index (χ2v) is 6.65. The Morgan fingerprint density at radius 1 is 0.969 bits per heavy atom. The van der Waals surface area contributed by atoms with Crippen LogP contribution in [0.4, 0.5) is 9.59 Å². The smallest absolute Gasteiger partial charge is 0.431 e. The molecule has 0 spiro atoms. The molecular formula is C16H53NO11P3S+. The summed E-state index contributed by atoms with van der Waals surface area (Å²) in [6.45, 7) is 0.245. The highest BCUT2D eigenvalue weighted by atomic mass is 32.1. The summed E-state index contributed by atoms with van der Waals surface area (Å²) in [5.41, 5.74) is 0. The van der Waals surface area contributed by atoms with E-state index < -0.39 is 40.2 Å². The van der Waals surface area contributed by atoms with E-state index in [1.807, 2.05) is 9.39 Å². The lowest BCUT2D eigenvalue weighted by Crippen LogP contribution is -2.08. The highest BCUT2D eigenvalue weighted by molar-refractivity contribution is 8.06. The maximum absolute atomic E-state index is 9.88. The normalized spacial score (nSPS) is 8.09. The van der Waals surface area contributed by atoms with E-state index >= 15 is 0 Å². The van der Waals surface area contributed by atoms with Crippen LogP contribution in [0.25, 0.3) is 0 Å². The molecule has 1 saturated heterocycles. The van der Waals surface area contributed by atoms with E-state index in [0.29, 0.717) is 13.2 Å². The molecular weight excluding hydrogens is 507 g/mol. The molecule has 16 heteroatoms.